The zero-order valence-corrected chi connectivity index (χ0v) is 10.5. The van der Waals surface area contributed by atoms with Gasteiger partial charge in [0, 0.05) is 12.2 Å². The fraction of sp³-hybridized carbons (Fsp3) is 0.231. The Morgan fingerprint density at radius 3 is 2.56 bits per heavy atom. The van der Waals surface area contributed by atoms with Crippen molar-refractivity contribution >= 4 is 17.3 Å². The summed E-state index contributed by atoms with van der Waals surface area (Å²) in [6, 6.07) is 9.97. The van der Waals surface area contributed by atoms with Crippen molar-refractivity contribution < 1.29 is 4.74 Å². The van der Waals surface area contributed by atoms with Gasteiger partial charge in [0.05, 0.1) is 7.11 Å². The molecule has 0 atom stereocenters. The highest BCUT2D eigenvalue weighted by atomic mass is 16.5. The van der Waals surface area contributed by atoms with Crippen LogP contribution in [0.4, 0.5) is 17.3 Å². The second-order valence-corrected chi connectivity index (χ2v) is 3.70. The molecule has 0 aliphatic heterocycles. The van der Waals surface area contributed by atoms with Crippen molar-refractivity contribution in [3.63, 3.8) is 0 Å². The molecule has 0 saturated carbocycles. The molecule has 0 fully saturated rings. The Kier molecular flexibility index (Phi) is 3.62. The molecule has 0 aliphatic carbocycles. The minimum absolute atomic E-state index is 0.344. The highest BCUT2D eigenvalue weighted by molar-refractivity contribution is 5.70. The first-order valence-corrected chi connectivity index (χ1v) is 5.75. The second kappa shape index (κ2) is 5.35. The zero-order valence-electron chi connectivity index (χ0n) is 10.5. The Morgan fingerprint density at radius 1 is 1.22 bits per heavy atom. The number of benzene rings is 1. The zero-order chi connectivity index (χ0) is 13.0. The van der Waals surface area contributed by atoms with Crippen LogP contribution >= 0.6 is 0 Å². The minimum Gasteiger partial charge on any atom is -0.490 e. The van der Waals surface area contributed by atoms with Gasteiger partial charge in [0.2, 0.25) is 5.75 Å². The number of ether oxygens (including phenoxy) is 1. The summed E-state index contributed by atoms with van der Waals surface area (Å²) in [5.41, 5.74) is 6.84. The monoisotopic (exact) mass is 244 g/mol. The van der Waals surface area contributed by atoms with Crippen LogP contribution in [0.2, 0.25) is 0 Å². The van der Waals surface area contributed by atoms with Crippen LogP contribution in [0, 0.1) is 0 Å². The van der Waals surface area contributed by atoms with Crippen LogP contribution in [0.25, 0.3) is 0 Å². The molecule has 0 aliphatic rings. The third kappa shape index (κ3) is 2.20. The minimum atomic E-state index is 0.344. The number of nitrogen functional groups attached to an aromatic ring is 1. The van der Waals surface area contributed by atoms with Crippen molar-refractivity contribution in [1.29, 1.82) is 0 Å². The van der Waals surface area contributed by atoms with Gasteiger partial charge in [-0.1, -0.05) is 18.2 Å². The predicted octanol–water partition coefficient (Wildman–Crippen LogP) is 2.23. The van der Waals surface area contributed by atoms with Crippen LogP contribution in [0.3, 0.4) is 0 Å². The summed E-state index contributed by atoms with van der Waals surface area (Å²) in [6.07, 6.45) is 1.44. The number of nitrogens with zero attached hydrogens (tertiary/aromatic N) is 3. The molecule has 1 heterocycles. The molecule has 0 bridgehead atoms. The molecular weight excluding hydrogens is 228 g/mol. The fourth-order valence-electron chi connectivity index (χ4n) is 1.83. The quantitative estimate of drug-likeness (QED) is 0.893. The lowest BCUT2D eigenvalue weighted by Gasteiger charge is -2.23. The second-order valence-electron chi connectivity index (χ2n) is 3.70. The Hall–Kier alpha value is -2.30. The van der Waals surface area contributed by atoms with E-state index in [1.165, 1.54) is 6.33 Å². The lowest BCUT2D eigenvalue weighted by molar-refractivity contribution is 0.414. The SMILES string of the molecule is CCN(c1ccccc1)c1ncnc(N)c1OC. The topological polar surface area (TPSA) is 64.3 Å². The van der Waals surface area contributed by atoms with E-state index in [4.69, 9.17) is 10.5 Å². The van der Waals surface area contributed by atoms with E-state index in [0.717, 1.165) is 12.2 Å². The lowest BCUT2D eigenvalue weighted by Crippen LogP contribution is -2.19. The number of hydrogen-bond donors (Lipinski definition) is 1. The molecule has 1 aromatic heterocycles. The molecule has 1 aromatic carbocycles. The van der Waals surface area contributed by atoms with Crippen molar-refractivity contribution in [3.8, 4) is 5.75 Å². The lowest BCUT2D eigenvalue weighted by atomic mass is 10.2. The van der Waals surface area contributed by atoms with Crippen LogP contribution in [0.1, 0.15) is 6.92 Å². The van der Waals surface area contributed by atoms with E-state index >= 15 is 0 Å². The Labute approximate surface area is 106 Å². The number of aromatic nitrogens is 2. The molecule has 2 N–H and O–H groups in total. The Bertz CT molecular complexity index is 516. The Morgan fingerprint density at radius 2 is 1.94 bits per heavy atom. The van der Waals surface area contributed by atoms with Crippen LogP contribution in [0.5, 0.6) is 5.75 Å². The van der Waals surface area contributed by atoms with E-state index in [0.29, 0.717) is 17.4 Å². The van der Waals surface area contributed by atoms with E-state index < -0.39 is 0 Å². The standard InChI is InChI=1S/C13H16N4O/c1-3-17(10-7-5-4-6-8-10)13-11(18-2)12(14)15-9-16-13/h4-9H,3H2,1-2H3,(H2,14,15,16). The molecule has 0 unspecified atom stereocenters. The molecule has 5 nitrogen and oxygen atoms in total. The van der Waals surface area contributed by atoms with Crippen molar-refractivity contribution in [2.75, 3.05) is 24.3 Å². The van der Waals surface area contributed by atoms with Crippen LogP contribution < -0.4 is 15.4 Å². The van der Waals surface area contributed by atoms with Crippen molar-refractivity contribution in [1.82, 2.24) is 9.97 Å². The van der Waals surface area contributed by atoms with E-state index in [2.05, 4.69) is 9.97 Å². The first-order valence-electron chi connectivity index (χ1n) is 5.75. The normalized spacial score (nSPS) is 10.1. The van der Waals surface area contributed by atoms with Gasteiger partial charge >= 0.3 is 0 Å². The van der Waals surface area contributed by atoms with Crippen LogP contribution in [-0.4, -0.2) is 23.6 Å². The van der Waals surface area contributed by atoms with Gasteiger partial charge in [0.25, 0.3) is 0 Å². The van der Waals surface area contributed by atoms with Gasteiger partial charge in [-0.15, -0.1) is 0 Å². The average molecular weight is 244 g/mol. The van der Waals surface area contributed by atoms with Crippen molar-refractivity contribution in [2.45, 2.75) is 6.92 Å². The molecule has 94 valence electrons. The van der Waals surface area contributed by atoms with E-state index in [1.54, 1.807) is 7.11 Å². The highest BCUT2D eigenvalue weighted by Crippen LogP contribution is 2.34. The third-order valence-electron chi connectivity index (χ3n) is 2.66. The van der Waals surface area contributed by atoms with Gasteiger partial charge < -0.3 is 15.4 Å². The van der Waals surface area contributed by atoms with Gasteiger partial charge in [0.1, 0.15) is 6.33 Å². The third-order valence-corrected chi connectivity index (χ3v) is 2.66. The molecule has 0 spiro atoms. The van der Waals surface area contributed by atoms with E-state index in [9.17, 15) is 0 Å². The summed E-state index contributed by atoms with van der Waals surface area (Å²) in [6.45, 7) is 2.81. The first kappa shape index (κ1) is 12.2. The van der Waals surface area contributed by atoms with Crippen LogP contribution in [0.15, 0.2) is 36.7 Å². The number of para-hydroxylation sites is 1. The predicted molar refractivity (Wildman–Crippen MR) is 72.1 cm³/mol. The summed E-state index contributed by atoms with van der Waals surface area (Å²) in [7, 11) is 1.57. The van der Waals surface area contributed by atoms with Gasteiger partial charge in [-0.25, -0.2) is 9.97 Å². The molecule has 0 saturated heterocycles. The maximum atomic E-state index is 5.80. The largest absolute Gasteiger partial charge is 0.490 e. The number of methoxy groups -OCH3 is 1. The molecule has 2 rings (SSSR count). The smallest absolute Gasteiger partial charge is 0.204 e. The van der Waals surface area contributed by atoms with Crippen molar-refractivity contribution in [3.05, 3.63) is 36.7 Å². The number of hydrogen-bond acceptors (Lipinski definition) is 5. The molecule has 0 radical (unpaired) electrons. The van der Waals surface area contributed by atoms with E-state index in [1.807, 2.05) is 42.2 Å². The van der Waals surface area contributed by atoms with Gasteiger partial charge in [-0.3, -0.25) is 0 Å². The summed E-state index contributed by atoms with van der Waals surface area (Å²) in [5.74, 6) is 1.53. The highest BCUT2D eigenvalue weighted by Gasteiger charge is 2.16. The maximum Gasteiger partial charge on any atom is 0.204 e. The van der Waals surface area contributed by atoms with Gasteiger partial charge in [-0.2, -0.15) is 0 Å². The summed E-state index contributed by atoms with van der Waals surface area (Å²) in [5, 5.41) is 0. The maximum absolute atomic E-state index is 5.80. The first-order chi connectivity index (χ1) is 8.77. The van der Waals surface area contributed by atoms with Crippen molar-refractivity contribution in [2.24, 2.45) is 0 Å². The Balaban J connectivity index is 2.49. The van der Waals surface area contributed by atoms with Crippen LogP contribution in [-0.2, 0) is 0 Å². The average Bonchev–Trinajstić information content (AvgIpc) is 2.41. The number of rotatable bonds is 4. The summed E-state index contributed by atoms with van der Waals surface area (Å²) in [4.78, 5) is 10.2. The fourth-order valence-corrected chi connectivity index (χ4v) is 1.83. The number of nitrogens with two attached hydrogens (primary N) is 1. The molecule has 2 aromatic rings. The molecule has 0 amide bonds. The molecule has 5 heteroatoms. The molecular formula is C13H16N4O. The summed E-state index contributed by atoms with van der Waals surface area (Å²) >= 11 is 0. The van der Waals surface area contributed by atoms with Gasteiger partial charge in [-0.05, 0) is 19.1 Å². The van der Waals surface area contributed by atoms with Gasteiger partial charge in [0.15, 0.2) is 11.6 Å². The number of anilines is 3. The summed E-state index contributed by atoms with van der Waals surface area (Å²) < 4.78 is 5.29. The van der Waals surface area contributed by atoms with E-state index in [-0.39, 0.29) is 0 Å². The molecule has 18 heavy (non-hydrogen) atoms.